The maximum Gasteiger partial charge on any atom is 0.143 e. The summed E-state index contributed by atoms with van der Waals surface area (Å²) in [6.45, 7) is 0. The summed E-state index contributed by atoms with van der Waals surface area (Å²) in [5.74, 6) is 0. The molecule has 0 bridgehead atoms. The standard InChI is InChI=1S/C48H28O2/c1-2-13-29(14-3-1)43-34-19-6-8-21-36(34)44(37-22-9-7-20-35(37)43)31-16-12-17-32(27-31)45-33-18-5-4-15-30(33)28-39-47-42(50-48(39)45)26-25-41-46(47)38-23-10-11-24-40(38)49-41/h1-28H. The van der Waals surface area contributed by atoms with Crippen molar-refractivity contribution in [1.29, 1.82) is 0 Å². The Bertz CT molecular complexity index is 3080. The number of para-hydroxylation sites is 1. The summed E-state index contributed by atoms with van der Waals surface area (Å²) in [6.07, 6.45) is 0. The highest BCUT2D eigenvalue weighted by atomic mass is 16.3. The molecule has 11 rings (SSSR count). The third-order valence-corrected chi connectivity index (χ3v) is 10.4. The maximum absolute atomic E-state index is 6.88. The van der Waals surface area contributed by atoms with E-state index in [0.29, 0.717) is 0 Å². The van der Waals surface area contributed by atoms with E-state index in [0.717, 1.165) is 55.0 Å². The third kappa shape index (κ3) is 3.85. The van der Waals surface area contributed by atoms with Crippen molar-refractivity contribution < 1.29 is 8.83 Å². The van der Waals surface area contributed by atoms with Gasteiger partial charge >= 0.3 is 0 Å². The van der Waals surface area contributed by atoms with Gasteiger partial charge in [-0.25, -0.2) is 0 Å². The average molecular weight is 637 g/mol. The first kappa shape index (κ1) is 27.3. The second-order valence-electron chi connectivity index (χ2n) is 13.1. The summed E-state index contributed by atoms with van der Waals surface area (Å²) in [7, 11) is 0. The van der Waals surface area contributed by atoms with Crippen molar-refractivity contribution in [2.75, 3.05) is 0 Å². The van der Waals surface area contributed by atoms with Crippen LogP contribution in [0.2, 0.25) is 0 Å². The van der Waals surface area contributed by atoms with Crippen LogP contribution < -0.4 is 0 Å². The van der Waals surface area contributed by atoms with Crippen LogP contribution in [0, 0.1) is 0 Å². The van der Waals surface area contributed by atoms with Gasteiger partial charge in [-0.05, 0) is 90.5 Å². The van der Waals surface area contributed by atoms with Crippen LogP contribution in [0.3, 0.4) is 0 Å². The summed E-state index contributed by atoms with van der Waals surface area (Å²) >= 11 is 0. The van der Waals surface area contributed by atoms with Gasteiger partial charge in [-0.1, -0.05) is 140 Å². The molecule has 0 atom stereocenters. The molecular formula is C48H28O2. The quantitative estimate of drug-likeness (QED) is 0.180. The minimum absolute atomic E-state index is 0.861. The van der Waals surface area contributed by atoms with E-state index in [1.54, 1.807) is 0 Å². The topological polar surface area (TPSA) is 26.3 Å². The lowest BCUT2D eigenvalue weighted by molar-refractivity contribution is 0.663. The molecule has 0 amide bonds. The first-order valence-corrected chi connectivity index (χ1v) is 17.1. The monoisotopic (exact) mass is 636 g/mol. The molecule has 0 saturated carbocycles. The average Bonchev–Trinajstić information content (AvgIpc) is 3.74. The van der Waals surface area contributed by atoms with E-state index in [4.69, 9.17) is 8.83 Å². The number of rotatable bonds is 3. The molecule has 0 N–H and O–H groups in total. The zero-order chi connectivity index (χ0) is 32.8. The molecule has 0 aliphatic heterocycles. The molecule has 50 heavy (non-hydrogen) atoms. The first-order valence-electron chi connectivity index (χ1n) is 17.1. The van der Waals surface area contributed by atoms with E-state index in [9.17, 15) is 0 Å². The highest BCUT2D eigenvalue weighted by Gasteiger charge is 2.22. The van der Waals surface area contributed by atoms with Gasteiger partial charge in [0, 0.05) is 27.1 Å². The fourth-order valence-corrected chi connectivity index (χ4v) is 8.35. The van der Waals surface area contributed by atoms with Gasteiger partial charge in [0.25, 0.3) is 0 Å². The lowest BCUT2D eigenvalue weighted by Crippen LogP contribution is -1.91. The minimum Gasteiger partial charge on any atom is -0.456 e. The van der Waals surface area contributed by atoms with E-state index in [1.165, 1.54) is 54.6 Å². The summed E-state index contributed by atoms with van der Waals surface area (Å²) in [5, 5.41) is 11.7. The Balaban J connectivity index is 1.23. The predicted molar refractivity (Wildman–Crippen MR) is 210 cm³/mol. The predicted octanol–water partition coefficient (Wildman–Crippen LogP) is 13.9. The Kier molecular flexibility index (Phi) is 5.70. The van der Waals surface area contributed by atoms with Crippen molar-refractivity contribution in [3.05, 3.63) is 170 Å². The zero-order valence-electron chi connectivity index (χ0n) is 27.0. The molecular weight excluding hydrogens is 609 g/mol. The highest BCUT2D eigenvalue weighted by Crippen LogP contribution is 2.47. The second-order valence-corrected chi connectivity index (χ2v) is 13.1. The molecule has 9 aromatic carbocycles. The van der Waals surface area contributed by atoms with E-state index >= 15 is 0 Å². The smallest absolute Gasteiger partial charge is 0.143 e. The number of hydrogen-bond donors (Lipinski definition) is 0. The van der Waals surface area contributed by atoms with Gasteiger partial charge in [-0.3, -0.25) is 0 Å². The minimum atomic E-state index is 0.861. The van der Waals surface area contributed by atoms with Crippen molar-refractivity contribution >= 4 is 76.2 Å². The van der Waals surface area contributed by atoms with Gasteiger partial charge in [0.15, 0.2) is 0 Å². The van der Waals surface area contributed by atoms with Crippen molar-refractivity contribution in [1.82, 2.24) is 0 Å². The van der Waals surface area contributed by atoms with Crippen LogP contribution >= 0.6 is 0 Å². The second kappa shape index (κ2) is 10.4. The van der Waals surface area contributed by atoms with Crippen molar-refractivity contribution in [2.45, 2.75) is 0 Å². The van der Waals surface area contributed by atoms with Gasteiger partial charge in [-0.2, -0.15) is 0 Å². The number of benzene rings is 9. The maximum atomic E-state index is 6.88. The van der Waals surface area contributed by atoms with Gasteiger partial charge < -0.3 is 8.83 Å². The fraction of sp³-hybridized carbons (Fsp3) is 0. The van der Waals surface area contributed by atoms with Crippen LogP contribution in [0.5, 0.6) is 0 Å². The normalized spacial score (nSPS) is 12.0. The molecule has 0 aliphatic rings. The first-order chi connectivity index (χ1) is 24.8. The summed E-state index contributed by atoms with van der Waals surface area (Å²) in [4.78, 5) is 0. The van der Waals surface area contributed by atoms with E-state index < -0.39 is 0 Å². The van der Waals surface area contributed by atoms with Crippen molar-refractivity contribution in [3.63, 3.8) is 0 Å². The molecule has 2 aromatic heterocycles. The molecule has 2 heteroatoms. The molecule has 11 aromatic rings. The Morgan fingerprint density at radius 3 is 1.48 bits per heavy atom. The SMILES string of the molecule is c1ccc(-c2c3ccccc3c(-c3cccc(-c4c5ccccc5cc5c4oc4ccc6oc7ccccc7c6c45)c3)c3ccccc23)cc1. The number of hydrogen-bond acceptors (Lipinski definition) is 2. The van der Waals surface area contributed by atoms with Gasteiger partial charge in [0.2, 0.25) is 0 Å². The van der Waals surface area contributed by atoms with Gasteiger partial charge in [-0.15, -0.1) is 0 Å². The molecule has 0 fully saturated rings. The molecule has 0 unspecified atom stereocenters. The van der Waals surface area contributed by atoms with Crippen LogP contribution in [0.4, 0.5) is 0 Å². The van der Waals surface area contributed by atoms with Crippen LogP contribution in [0.1, 0.15) is 0 Å². The van der Waals surface area contributed by atoms with Gasteiger partial charge in [0.05, 0.1) is 0 Å². The summed E-state index contributed by atoms with van der Waals surface area (Å²) in [6, 6.07) is 60.8. The lowest BCUT2D eigenvalue weighted by Gasteiger charge is -2.18. The Morgan fingerprint density at radius 1 is 0.280 bits per heavy atom. The molecule has 0 spiro atoms. The van der Waals surface area contributed by atoms with Gasteiger partial charge in [0.1, 0.15) is 22.3 Å². The van der Waals surface area contributed by atoms with Crippen LogP contribution in [-0.4, -0.2) is 0 Å². The molecule has 0 aliphatic carbocycles. The molecule has 0 radical (unpaired) electrons. The van der Waals surface area contributed by atoms with Crippen LogP contribution in [-0.2, 0) is 0 Å². The van der Waals surface area contributed by atoms with E-state index in [2.05, 4.69) is 152 Å². The van der Waals surface area contributed by atoms with E-state index in [-0.39, 0.29) is 0 Å². The van der Waals surface area contributed by atoms with E-state index in [1.807, 2.05) is 18.2 Å². The highest BCUT2D eigenvalue weighted by molar-refractivity contribution is 6.29. The summed E-state index contributed by atoms with van der Waals surface area (Å²) in [5.41, 5.74) is 10.6. The van der Waals surface area contributed by atoms with Crippen molar-refractivity contribution in [3.8, 4) is 33.4 Å². The zero-order valence-corrected chi connectivity index (χ0v) is 27.0. The number of fused-ring (bicyclic) bond motifs is 10. The Morgan fingerprint density at radius 2 is 0.780 bits per heavy atom. The van der Waals surface area contributed by atoms with Crippen LogP contribution in [0.25, 0.3) is 110 Å². The third-order valence-electron chi connectivity index (χ3n) is 10.4. The largest absolute Gasteiger partial charge is 0.456 e. The molecule has 2 heterocycles. The van der Waals surface area contributed by atoms with Crippen LogP contribution in [0.15, 0.2) is 179 Å². The molecule has 2 nitrogen and oxygen atoms in total. The molecule has 232 valence electrons. The summed E-state index contributed by atoms with van der Waals surface area (Å²) < 4.78 is 13.2. The lowest BCUT2D eigenvalue weighted by atomic mass is 9.85. The number of furan rings is 2. The van der Waals surface area contributed by atoms with Crippen molar-refractivity contribution in [2.24, 2.45) is 0 Å². The fourth-order valence-electron chi connectivity index (χ4n) is 8.35. The molecule has 0 saturated heterocycles. The Hall–Kier alpha value is -6.64. The Labute approximate surface area is 287 Å².